The largest absolute Gasteiger partial charge is 0.298 e. The van der Waals surface area contributed by atoms with Crippen molar-refractivity contribution in [2.45, 2.75) is 63.8 Å². The summed E-state index contributed by atoms with van der Waals surface area (Å²) in [5.41, 5.74) is 0. The quantitative estimate of drug-likeness (QED) is 0.733. The molecule has 1 atom stereocenters. The van der Waals surface area contributed by atoms with Gasteiger partial charge in [-0.15, -0.1) is 0 Å². The van der Waals surface area contributed by atoms with Gasteiger partial charge >= 0.3 is 0 Å². The average Bonchev–Trinajstić information content (AvgIpc) is 2.31. The SMILES string of the molecule is CN(CC1CCCCC1)C1CCCCC1=O. The van der Waals surface area contributed by atoms with Crippen molar-refractivity contribution in [1.82, 2.24) is 4.90 Å². The molecule has 0 radical (unpaired) electrons. The summed E-state index contributed by atoms with van der Waals surface area (Å²) in [6.07, 6.45) is 11.3. The first-order valence-corrected chi connectivity index (χ1v) is 7.00. The third kappa shape index (κ3) is 3.07. The number of hydrogen-bond donors (Lipinski definition) is 0. The van der Waals surface area contributed by atoms with Crippen molar-refractivity contribution in [2.24, 2.45) is 5.92 Å². The molecule has 0 N–H and O–H groups in total. The normalized spacial score (nSPS) is 28.6. The molecular formula is C14H25NO. The van der Waals surface area contributed by atoms with E-state index in [4.69, 9.17) is 0 Å². The molecule has 16 heavy (non-hydrogen) atoms. The van der Waals surface area contributed by atoms with Gasteiger partial charge in [0.25, 0.3) is 0 Å². The molecule has 2 saturated carbocycles. The van der Waals surface area contributed by atoms with Crippen LogP contribution in [0.1, 0.15) is 57.8 Å². The molecule has 0 aromatic rings. The standard InChI is InChI=1S/C14H25NO/c1-15(11-12-7-3-2-4-8-12)13-9-5-6-10-14(13)16/h12-13H,2-11H2,1H3. The van der Waals surface area contributed by atoms with E-state index in [1.54, 1.807) is 0 Å². The fourth-order valence-electron chi connectivity index (χ4n) is 3.33. The zero-order valence-electron chi connectivity index (χ0n) is 10.6. The van der Waals surface area contributed by atoms with Gasteiger partial charge in [-0.1, -0.05) is 25.7 Å². The fraction of sp³-hybridized carbons (Fsp3) is 0.929. The predicted molar refractivity (Wildman–Crippen MR) is 66.5 cm³/mol. The first-order valence-electron chi connectivity index (χ1n) is 7.00. The van der Waals surface area contributed by atoms with Gasteiger partial charge in [-0.3, -0.25) is 9.69 Å². The molecule has 0 aliphatic heterocycles. The summed E-state index contributed by atoms with van der Waals surface area (Å²) in [6.45, 7) is 1.15. The van der Waals surface area contributed by atoms with Crippen LogP contribution in [-0.4, -0.2) is 30.3 Å². The van der Waals surface area contributed by atoms with Crippen molar-refractivity contribution in [2.75, 3.05) is 13.6 Å². The van der Waals surface area contributed by atoms with Crippen molar-refractivity contribution in [3.8, 4) is 0 Å². The summed E-state index contributed by atoms with van der Waals surface area (Å²) < 4.78 is 0. The number of nitrogens with zero attached hydrogens (tertiary/aromatic N) is 1. The van der Waals surface area contributed by atoms with Gasteiger partial charge in [0.05, 0.1) is 6.04 Å². The number of carbonyl (C=O) groups is 1. The summed E-state index contributed by atoms with van der Waals surface area (Å²) in [5, 5.41) is 0. The minimum absolute atomic E-state index is 0.246. The third-order valence-electron chi connectivity index (χ3n) is 4.33. The van der Waals surface area contributed by atoms with E-state index in [1.165, 1.54) is 38.5 Å². The number of likely N-dealkylation sites (N-methyl/N-ethyl adjacent to an activating group) is 1. The summed E-state index contributed by atoms with van der Waals surface area (Å²) in [7, 11) is 2.16. The Morgan fingerprint density at radius 2 is 1.75 bits per heavy atom. The zero-order chi connectivity index (χ0) is 11.4. The molecule has 2 aliphatic rings. The van der Waals surface area contributed by atoms with Crippen LogP contribution in [0.5, 0.6) is 0 Å². The molecular weight excluding hydrogens is 198 g/mol. The van der Waals surface area contributed by atoms with E-state index in [9.17, 15) is 4.79 Å². The summed E-state index contributed by atoms with van der Waals surface area (Å²) >= 11 is 0. The van der Waals surface area contributed by atoms with E-state index in [1.807, 2.05) is 0 Å². The Labute approximate surface area is 99.4 Å². The second-order valence-electron chi connectivity index (χ2n) is 5.67. The van der Waals surface area contributed by atoms with Gasteiger partial charge in [0.15, 0.2) is 0 Å². The number of ketones is 1. The summed E-state index contributed by atoms with van der Waals surface area (Å²) in [6, 6.07) is 0.246. The first kappa shape index (κ1) is 12.1. The molecule has 2 fully saturated rings. The predicted octanol–water partition coefficient (Wildman–Crippen LogP) is 3.01. The molecule has 0 aromatic heterocycles. The van der Waals surface area contributed by atoms with Crippen LogP contribution in [0.4, 0.5) is 0 Å². The minimum Gasteiger partial charge on any atom is -0.298 e. The highest BCUT2D eigenvalue weighted by Gasteiger charge is 2.27. The van der Waals surface area contributed by atoms with E-state index in [2.05, 4.69) is 11.9 Å². The summed E-state index contributed by atoms with van der Waals surface area (Å²) in [4.78, 5) is 14.2. The number of hydrogen-bond acceptors (Lipinski definition) is 2. The molecule has 0 saturated heterocycles. The molecule has 0 spiro atoms. The number of rotatable bonds is 3. The molecule has 2 aliphatic carbocycles. The van der Waals surface area contributed by atoms with Crippen molar-refractivity contribution >= 4 is 5.78 Å². The lowest BCUT2D eigenvalue weighted by Crippen LogP contribution is -2.42. The Balaban J connectivity index is 1.81. The average molecular weight is 223 g/mol. The summed E-state index contributed by atoms with van der Waals surface area (Å²) in [5.74, 6) is 1.35. The van der Waals surface area contributed by atoms with Gasteiger partial charge in [-0.2, -0.15) is 0 Å². The van der Waals surface area contributed by atoms with E-state index in [-0.39, 0.29) is 6.04 Å². The van der Waals surface area contributed by atoms with Crippen LogP contribution < -0.4 is 0 Å². The maximum Gasteiger partial charge on any atom is 0.149 e. The molecule has 2 nitrogen and oxygen atoms in total. The second-order valence-corrected chi connectivity index (χ2v) is 5.67. The molecule has 2 heteroatoms. The Kier molecular flexibility index (Phi) is 4.39. The first-order chi connectivity index (χ1) is 7.77. The molecule has 0 heterocycles. The monoisotopic (exact) mass is 223 g/mol. The van der Waals surface area contributed by atoms with E-state index < -0.39 is 0 Å². The lowest BCUT2D eigenvalue weighted by Gasteiger charge is -2.33. The van der Waals surface area contributed by atoms with Crippen LogP contribution in [0.25, 0.3) is 0 Å². The van der Waals surface area contributed by atoms with Crippen LogP contribution in [0.15, 0.2) is 0 Å². The molecule has 0 bridgehead atoms. The lowest BCUT2D eigenvalue weighted by molar-refractivity contribution is -0.125. The molecule has 92 valence electrons. The smallest absolute Gasteiger partial charge is 0.149 e. The van der Waals surface area contributed by atoms with Gasteiger partial charge in [0.1, 0.15) is 5.78 Å². The van der Waals surface area contributed by atoms with Crippen LogP contribution >= 0.6 is 0 Å². The van der Waals surface area contributed by atoms with Crippen molar-refractivity contribution in [1.29, 1.82) is 0 Å². The van der Waals surface area contributed by atoms with Gasteiger partial charge < -0.3 is 0 Å². The van der Waals surface area contributed by atoms with Crippen molar-refractivity contribution < 1.29 is 4.79 Å². The highest BCUT2D eigenvalue weighted by molar-refractivity contribution is 5.84. The maximum absolute atomic E-state index is 11.8. The highest BCUT2D eigenvalue weighted by Crippen LogP contribution is 2.26. The zero-order valence-corrected chi connectivity index (χ0v) is 10.6. The third-order valence-corrected chi connectivity index (χ3v) is 4.33. The second kappa shape index (κ2) is 5.81. The van der Waals surface area contributed by atoms with Gasteiger partial charge in [0.2, 0.25) is 0 Å². The molecule has 1 unspecified atom stereocenters. The van der Waals surface area contributed by atoms with Crippen molar-refractivity contribution in [3.05, 3.63) is 0 Å². The Hall–Kier alpha value is -0.370. The van der Waals surface area contributed by atoms with E-state index in [0.717, 1.165) is 31.7 Å². The lowest BCUT2D eigenvalue weighted by atomic mass is 9.87. The van der Waals surface area contributed by atoms with E-state index >= 15 is 0 Å². The minimum atomic E-state index is 0.246. The highest BCUT2D eigenvalue weighted by atomic mass is 16.1. The van der Waals surface area contributed by atoms with Crippen molar-refractivity contribution in [3.63, 3.8) is 0 Å². The van der Waals surface area contributed by atoms with Gasteiger partial charge in [-0.25, -0.2) is 0 Å². The molecule has 0 aromatic carbocycles. The van der Waals surface area contributed by atoms with Gasteiger partial charge in [0, 0.05) is 13.0 Å². The topological polar surface area (TPSA) is 20.3 Å². The molecule has 0 amide bonds. The van der Waals surface area contributed by atoms with E-state index in [0.29, 0.717) is 5.78 Å². The maximum atomic E-state index is 11.8. The Bertz CT molecular complexity index is 233. The number of Topliss-reactive ketones (excluding diaryl/α,β-unsaturated/α-hetero) is 1. The van der Waals surface area contributed by atoms with Gasteiger partial charge in [-0.05, 0) is 38.6 Å². The number of carbonyl (C=O) groups excluding carboxylic acids is 1. The fourth-order valence-corrected chi connectivity index (χ4v) is 3.33. The van der Waals surface area contributed by atoms with Crippen LogP contribution in [0, 0.1) is 5.92 Å². The van der Waals surface area contributed by atoms with Crippen LogP contribution in [-0.2, 0) is 4.79 Å². The van der Waals surface area contributed by atoms with Crippen LogP contribution in [0.2, 0.25) is 0 Å². The molecule has 2 rings (SSSR count). The van der Waals surface area contributed by atoms with Crippen LogP contribution in [0.3, 0.4) is 0 Å². The Morgan fingerprint density at radius 3 is 2.44 bits per heavy atom. The Morgan fingerprint density at radius 1 is 1.06 bits per heavy atom.